The van der Waals surface area contributed by atoms with E-state index in [1.165, 1.54) is 289 Å². The van der Waals surface area contributed by atoms with Crippen LogP contribution in [0.1, 0.15) is 367 Å². The van der Waals surface area contributed by atoms with E-state index >= 15 is 0 Å². The third kappa shape index (κ3) is 59.4. The molecule has 0 bridgehead atoms. The van der Waals surface area contributed by atoms with Crippen LogP contribution in [0.5, 0.6) is 0 Å². The number of aliphatic hydroxyl groups is 2. The van der Waals surface area contributed by atoms with Gasteiger partial charge in [0.15, 0.2) is 0 Å². The highest BCUT2D eigenvalue weighted by Gasteiger charge is 2.18. The maximum atomic E-state index is 12.5. The first-order valence-corrected chi connectivity index (χ1v) is 33.1. The average Bonchev–Trinajstić information content (AvgIpc) is 3.39. The number of carbonyl (C=O) groups is 2. The lowest BCUT2D eigenvalue weighted by Gasteiger charge is -2.20. The maximum absolute atomic E-state index is 12.5. The number of hydrogen-bond acceptors (Lipinski definition) is 5. The van der Waals surface area contributed by atoms with Crippen molar-refractivity contribution in [3.05, 3.63) is 24.3 Å². The second kappa shape index (κ2) is 62.9. The predicted octanol–water partition coefficient (Wildman–Crippen LogP) is 21.0. The zero-order chi connectivity index (χ0) is 52.9. The molecule has 6 heteroatoms. The number of amides is 1. The van der Waals surface area contributed by atoms with E-state index in [-0.39, 0.29) is 18.5 Å². The van der Waals surface area contributed by atoms with Crippen molar-refractivity contribution in [3.63, 3.8) is 0 Å². The zero-order valence-corrected chi connectivity index (χ0v) is 49.4. The van der Waals surface area contributed by atoms with Gasteiger partial charge in [0, 0.05) is 12.8 Å². The number of nitrogens with one attached hydrogen (secondary N) is 1. The summed E-state index contributed by atoms with van der Waals surface area (Å²) in [5, 5.41) is 23.2. The number of ether oxygens (including phenoxy) is 1. The lowest BCUT2D eigenvalue weighted by atomic mass is 10.0. The van der Waals surface area contributed by atoms with Gasteiger partial charge >= 0.3 is 5.97 Å². The Labute approximate surface area is 456 Å². The topological polar surface area (TPSA) is 95.9 Å². The number of carbonyl (C=O) groups excluding carboxylic acids is 2. The van der Waals surface area contributed by atoms with Crippen LogP contribution in [0.2, 0.25) is 0 Å². The summed E-state index contributed by atoms with van der Waals surface area (Å²) in [7, 11) is 0. The van der Waals surface area contributed by atoms with E-state index in [2.05, 4.69) is 31.3 Å². The Morgan fingerprint density at radius 1 is 0.370 bits per heavy atom. The number of rotatable bonds is 62. The van der Waals surface area contributed by atoms with Gasteiger partial charge in [0.05, 0.1) is 25.4 Å². The van der Waals surface area contributed by atoms with Gasteiger partial charge in [0.1, 0.15) is 0 Å². The molecule has 0 aromatic rings. The minimum absolute atomic E-state index is 0.00276. The number of unbranched alkanes of at least 4 members (excludes halogenated alkanes) is 49. The van der Waals surface area contributed by atoms with Crippen LogP contribution in [0.3, 0.4) is 0 Å². The number of allylic oxidation sites excluding steroid dienone is 3. The fourth-order valence-electron chi connectivity index (χ4n) is 10.4. The smallest absolute Gasteiger partial charge is 0.305 e. The molecule has 3 N–H and O–H groups in total. The van der Waals surface area contributed by atoms with E-state index in [0.29, 0.717) is 19.4 Å². The maximum Gasteiger partial charge on any atom is 0.305 e. The van der Waals surface area contributed by atoms with E-state index < -0.39 is 12.1 Å². The largest absolute Gasteiger partial charge is 0.466 e. The molecule has 0 aromatic heterocycles. The van der Waals surface area contributed by atoms with Crippen molar-refractivity contribution in [3.8, 4) is 0 Å². The molecule has 0 aliphatic carbocycles. The van der Waals surface area contributed by atoms with Gasteiger partial charge in [-0.1, -0.05) is 321 Å². The molecule has 0 aromatic carbocycles. The highest BCUT2D eigenvalue weighted by Crippen LogP contribution is 2.18. The molecule has 0 spiro atoms. The average molecular weight is 1030 g/mol. The van der Waals surface area contributed by atoms with Crippen LogP contribution in [-0.4, -0.2) is 47.4 Å². The quantitative estimate of drug-likeness (QED) is 0.0320. The molecule has 432 valence electrons. The molecule has 2 unspecified atom stereocenters. The number of esters is 1. The molecule has 1 amide bonds. The summed E-state index contributed by atoms with van der Waals surface area (Å²) in [6.07, 6.45) is 78.0. The van der Waals surface area contributed by atoms with Gasteiger partial charge in [-0.15, -0.1) is 0 Å². The molecular weight excluding hydrogens is 899 g/mol. The molecule has 0 radical (unpaired) electrons. The van der Waals surface area contributed by atoms with E-state index in [0.717, 1.165) is 51.4 Å². The van der Waals surface area contributed by atoms with Crippen molar-refractivity contribution in [2.24, 2.45) is 0 Å². The molecule has 0 rings (SSSR count). The normalized spacial score (nSPS) is 12.7. The van der Waals surface area contributed by atoms with Gasteiger partial charge < -0.3 is 20.3 Å². The SMILES string of the molecule is CCCCCCCC/C=C\CCCCCCCCCC(=O)OCCCCCCCCCCCCCCCCCC(=O)NC(CO)C(O)/C=C/CCCCCCCCCCCCCCCCCCCCCCCC. The summed E-state index contributed by atoms with van der Waals surface area (Å²) in [4.78, 5) is 24.6. The Balaban J connectivity index is 3.45. The van der Waals surface area contributed by atoms with Gasteiger partial charge in [0.2, 0.25) is 5.91 Å². The van der Waals surface area contributed by atoms with Gasteiger partial charge in [0.25, 0.3) is 0 Å². The van der Waals surface area contributed by atoms with Crippen molar-refractivity contribution < 1.29 is 24.5 Å². The minimum atomic E-state index is -0.852. The number of hydrogen-bond donors (Lipinski definition) is 3. The van der Waals surface area contributed by atoms with E-state index in [4.69, 9.17) is 4.74 Å². The lowest BCUT2D eigenvalue weighted by Crippen LogP contribution is -2.45. The van der Waals surface area contributed by atoms with Crippen molar-refractivity contribution >= 4 is 11.9 Å². The van der Waals surface area contributed by atoms with E-state index in [1.54, 1.807) is 6.08 Å². The Morgan fingerprint density at radius 3 is 0.973 bits per heavy atom. The minimum Gasteiger partial charge on any atom is -0.466 e. The molecule has 0 aliphatic heterocycles. The first kappa shape index (κ1) is 71.3. The van der Waals surface area contributed by atoms with Crippen molar-refractivity contribution in [2.75, 3.05) is 13.2 Å². The molecule has 73 heavy (non-hydrogen) atoms. The van der Waals surface area contributed by atoms with Gasteiger partial charge in [-0.2, -0.15) is 0 Å². The standard InChI is InChI=1S/C67H129NO5/c1-3-5-7-9-11-13-15-17-19-21-22-23-24-25-26-27-29-31-35-39-43-47-51-55-59-65(70)64(63-69)68-66(71)60-56-52-48-44-40-36-32-30-34-38-42-46-50-54-58-62-73-67(72)61-57-53-49-45-41-37-33-28-20-18-16-14-12-10-8-6-4-2/h18,20,55,59,64-65,69-70H,3-17,19,21-54,56-58,60-63H2,1-2H3,(H,68,71)/b20-18-,59-55+. The molecule has 0 heterocycles. The van der Waals surface area contributed by atoms with Crippen LogP contribution in [0.15, 0.2) is 24.3 Å². The summed E-state index contributed by atoms with van der Waals surface area (Å²) >= 11 is 0. The fourth-order valence-corrected chi connectivity index (χ4v) is 10.4. The molecule has 0 saturated heterocycles. The highest BCUT2D eigenvalue weighted by atomic mass is 16.5. The molecular formula is C67H129NO5. The summed E-state index contributed by atoms with van der Waals surface area (Å²) in [6.45, 7) is 4.91. The summed E-state index contributed by atoms with van der Waals surface area (Å²) in [5.74, 6) is -0.0754. The van der Waals surface area contributed by atoms with Crippen molar-refractivity contribution in [1.29, 1.82) is 0 Å². The summed E-state index contributed by atoms with van der Waals surface area (Å²) < 4.78 is 5.49. The van der Waals surface area contributed by atoms with Crippen LogP contribution in [0.25, 0.3) is 0 Å². The van der Waals surface area contributed by atoms with Crippen molar-refractivity contribution in [1.82, 2.24) is 5.32 Å². The second-order valence-electron chi connectivity index (χ2n) is 22.8. The van der Waals surface area contributed by atoms with Crippen molar-refractivity contribution in [2.45, 2.75) is 379 Å². The third-order valence-electron chi connectivity index (χ3n) is 15.5. The molecule has 0 fully saturated rings. The predicted molar refractivity (Wildman–Crippen MR) is 320 cm³/mol. The summed E-state index contributed by atoms with van der Waals surface area (Å²) in [5.41, 5.74) is 0. The van der Waals surface area contributed by atoms with Crippen LogP contribution < -0.4 is 5.32 Å². The van der Waals surface area contributed by atoms with Gasteiger partial charge in [-0.05, 0) is 57.8 Å². The lowest BCUT2D eigenvalue weighted by molar-refractivity contribution is -0.143. The highest BCUT2D eigenvalue weighted by molar-refractivity contribution is 5.76. The second-order valence-corrected chi connectivity index (χ2v) is 22.8. The number of aliphatic hydroxyl groups excluding tert-OH is 2. The Hall–Kier alpha value is -1.66. The summed E-state index contributed by atoms with van der Waals surface area (Å²) in [6, 6.07) is -0.636. The van der Waals surface area contributed by atoms with E-state index in [1.807, 2.05) is 6.08 Å². The molecule has 0 aliphatic rings. The zero-order valence-electron chi connectivity index (χ0n) is 49.4. The van der Waals surface area contributed by atoms with E-state index in [9.17, 15) is 19.8 Å². The Morgan fingerprint density at radius 2 is 0.644 bits per heavy atom. The van der Waals surface area contributed by atoms with Gasteiger partial charge in [-0.25, -0.2) is 0 Å². The van der Waals surface area contributed by atoms with Crippen LogP contribution in [0.4, 0.5) is 0 Å². The molecule has 6 nitrogen and oxygen atoms in total. The fraction of sp³-hybridized carbons (Fsp3) is 0.910. The third-order valence-corrected chi connectivity index (χ3v) is 15.5. The Bertz CT molecular complexity index is 1140. The molecule has 2 atom stereocenters. The van der Waals surface area contributed by atoms with Gasteiger partial charge in [-0.3, -0.25) is 9.59 Å². The van der Waals surface area contributed by atoms with Crippen LogP contribution in [-0.2, 0) is 14.3 Å². The van der Waals surface area contributed by atoms with Crippen LogP contribution >= 0.6 is 0 Å². The van der Waals surface area contributed by atoms with Crippen LogP contribution in [0, 0.1) is 0 Å². The molecule has 0 saturated carbocycles. The Kier molecular flexibility index (Phi) is 61.4. The first-order chi connectivity index (χ1) is 36.0. The monoisotopic (exact) mass is 1030 g/mol. The first-order valence-electron chi connectivity index (χ1n) is 33.1.